The van der Waals surface area contributed by atoms with Gasteiger partial charge >= 0.3 is 0 Å². The molecule has 0 spiro atoms. The second-order valence-electron chi connectivity index (χ2n) is 7.02. The fraction of sp³-hybridized carbons (Fsp3) is 0.350. The van der Waals surface area contributed by atoms with Crippen molar-refractivity contribution in [3.63, 3.8) is 0 Å². The Morgan fingerprint density at radius 1 is 1.31 bits per heavy atom. The Bertz CT molecular complexity index is 1030. The first kappa shape index (κ1) is 16.6. The highest BCUT2D eigenvalue weighted by molar-refractivity contribution is 6.07. The van der Waals surface area contributed by atoms with Gasteiger partial charge in [-0.1, -0.05) is 18.2 Å². The van der Waals surface area contributed by atoms with Crippen LogP contribution in [0.1, 0.15) is 40.6 Å². The van der Waals surface area contributed by atoms with Gasteiger partial charge in [-0.3, -0.25) is 9.59 Å². The predicted molar refractivity (Wildman–Crippen MR) is 100 cm³/mol. The summed E-state index contributed by atoms with van der Waals surface area (Å²) in [5, 5.41) is 0.979. The fourth-order valence-electron chi connectivity index (χ4n) is 3.90. The molecule has 1 unspecified atom stereocenters. The van der Waals surface area contributed by atoms with E-state index < -0.39 is 0 Å². The molecule has 1 amide bonds. The molecule has 26 heavy (non-hydrogen) atoms. The molecule has 6 heteroatoms. The quantitative estimate of drug-likeness (QED) is 0.772. The third kappa shape index (κ3) is 2.92. The Morgan fingerprint density at radius 2 is 2.12 bits per heavy atom. The van der Waals surface area contributed by atoms with Gasteiger partial charge in [0.2, 0.25) is 0 Å². The molecule has 1 atom stereocenters. The molecule has 1 fully saturated rings. The van der Waals surface area contributed by atoms with Crippen molar-refractivity contribution in [2.24, 2.45) is 7.05 Å². The summed E-state index contributed by atoms with van der Waals surface area (Å²) in [7, 11) is 1.96. The van der Waals surface area contributed by atoms with Crippen molar-refractivity contribution in [2.75, 3.05) is 13.1 Å². The van der Waals surface area contributed by atoms with Crippen LogP contribution in [0.4, 0.5) is 0 Å². The van der Waals surface area contributed by atoms with Crippen molar-refractivity contribution >= 4 is 16.8 Å². The van der Waals surface area contributed by atoms with Crippen molar-refractivity contribution in [1.29, 1.82) is 0 Å². The Labute approximate surface area is 151 Å². The number of H-pyrrole nitrogens is 1. The van der Waals surface area contributed by atoms with Crippen molar-refractivity contribution in [2.45, 2.75) is 25.7 Å². The summed E-state index contributed by atoms with van der Waals surface area (Å²) in [6.07, 6.45) is 3.76. The molecule has 1 aliphatic heterocycles. The number of nitrogens with zero attached hydrogens (tertiary/aromatic N) is 3. The topological polar surface area (TPSA) is 71.0 Å². The minimum absolute atomic E-state index is 0.0491. The summed E-state index contributed by atoms with van der Waals surface area (Å²) in [5.41, 5.74) is 2.43. The molecule has 3 aromatic rings. The molecule has 0 radical (unpaired) electrons. The van der Waals surface area contributed by atoms with Crippen LogP contribution in [0.3, 0.4) is 0 Å². The van der Waals surface area contributed by atoms with Gasteiger partial charge in [0.05, 0.1) is 11.3 Å². The van der Waals surface area contributed by atoms with Gasteiger partial charge in [0, 0.05) is 49.2 Å². The fourth-order valence-corrected chi connectivity index (χ4v) is 3.90. The maximum Gasteiger partial charge on any atom is 0.256 e. The SMILES string of the molecule is Cc1nc(C2CCCN(C(=O)c3cn(C)c4ccccc34)C2)cc(=O)[nH]1. The van der Waals surface area contributed by atoms with Gasteiger partial charge < -0.3 is 14.5 Å². The standard InChI is InChI=1S/C20H22N4O2/c1-13-21-17(10-19(25)22-13)14-6-5-9-24(11-14)20(26)16-12-23(2)18-8-4-3-7-15(16)18/h3-4,7-8,10,12,14H,5-6,9,11H2,1-2H3,(H,21,22,25). The number of fused-ring (bicyclic) bond motifs is 1. The number of benzene rings is 1. The Hall–Kier alpha value is -2.89. The Balaban J connectivity index is 1.63. The number of hydrogen-bond acceptors (Lipinski definition) is 3. The van der Waals surface area contributed by atoms with Gasteiger partial charge in [-0.15, -0.1) is 0 Å². The number of amides is 1. The van der Waals surface area contributed by atoms with E-state index in [4.69, 9.17) is 0 Å². The zero-order valence-corrected chi connectivity index (χ0v) is 15.0. The van der Waals surface area contributed by atoms with Gasteiger partial charge in [-0.2, -0.15) is 0 Å². The highest BCUT2D eigenvalue weighted by Gasteiger charge is 2.28. The summed E-state index contributed by atoms with van der Waals surface area (Å²) in [4.78, 5) is 34.0. The minimum Gasteiger partial charge on any atom is -0.350 e. The number of rotatable bonds is 2. The van der Waals surface area contributed by atoms with E-state index in [1.807, 2.05) is 47.0 Å². The van der Waals surface area contributed by atoms with Crippen LogP contribution in [0.2, 0.25) is 0 Å². The van der Waals surface area contributed by atoms with Gasteiger partial charge in [0.1, 0.15) is 5.82 Å². The molecule has 0 bridgehead atoms. The lowest BCUT2D eigenvalue weighted by atomic mass is 9.94. The molecule has 2 aromatic heterocycles. The molecule has 134 valence electrons. The van der Waals surface area contributed by atoms with Gasteiger partial charge in [0.15, 0.2) is 0 Å². The van der Waals surface area contributed by atoms with Crippen LogP contribution >= 0.6 is 0 Å². The zero-order chi connectivity index (χ0) is 18.3. The maximum absolute atomic E-state index is 13.2. The van der Waals surface area contributed by atoms with Crippen LogP contribution < -0.4 is 5.56 Å². The first-order chi connectivity index (χ1) is 12.5. The van der Waals surface area contributed by atoms with Gasteiger partial charge in [-0.25, -0.2) is 4.98 Å². The number of nitrogens with one attached hydrogen (secondary N) is 1. The zero-order valence-electron chi connectivity index (χ0n) is 15.0. The van der Waals surface area contributed by atoms with E-state index >= 15 is 0 Å². The lowest BCUT2D eigenvalue weighted by molar-refractivity contribution is 0.0707. The van der Waals surface area contributed by atoms with Crippen molar-refractivity contribution in [3.05, 3.63) is 64.0 Å². The summed E-state index contributed by atoms with van der Waals surface area (Å²) in [6.45, 7) is 3.12. The molecular formula is C20H22N4O2. The highest BCUT2D eigenvalue weighted by atomic mass is 16.2. The van der Waals surface area contributed by atoms with Crippen molar-refractivity contribution in [1.82, 2.24) is 19.4 Å². The molecular weight excluding hydrogens is 328 g/mol. The average molecular weight is 350 g/mol. The normalized spacial score (nSPS) is 17.6. The molecule has 0 aliphatic carbocycles. The highest BCUT2D eigenvalue weighted by Crippen LogP contribution is 2.28. The number of aryl methyl sites for hydroxylation is 2. The maximum atomic E-state index is 13.2. The van der Waals surface area contributed by atoms with E-state index in [1.54, 1.807) is 13.0 Å². The van der Waals surface area contributed by atoms with E-state index in [0.29, 0.717) is 12.4 Å². The minimum atomic E-state index is -0.134. The lowest BCUT2D eigenvalue weighted by Crippen LogP contribution is -2.39. The lowest BCUT2D eigenvalue weighted by Gasteiger charge is -2.32. The van der Waals surface area contributed by atoms with Gasteiger partial charge in [-0.05, 0) is 25.8 Å². The summed E-state index contributed by atoms with van der Waals surface area (Å²) < 4.78 is 1.99. The molecule has 1 saturated heterocycles. The number of likely N-dealkylation sites (tertiary alicyclic amines) is 1. The molecule has 1 N–H and O–H groups in total. The van der Waals surface area contributed by atoms with Crippen LogP contribution in [-0.4, -0.2) is 38.4 Å². The van der Waals surface area contributed by atoms with Crippen LogP contribution in [0.15, 0.2) is 41.3 Å². The third-order valence-electron chi connectivity index (χ3n) is 5.13. The van der Waals surface area contributed by atoms with Crippen molar-refractivity contribution in [3.8, 4) is 0 Å². The number of para-hydroxylation sites is 1. The summed E-state index contributed by atoms with van der Waals surface area (Å²) in [6, 6.07) is 9.51. The predicted octanol–water partition coefficient (Wildman–Crippen LogP) is 2.59. The molecule has 3 heterocycles. The molecule has 6 nitrogen and oxygen atoms in total. The Kier molecular flexibility index (Phi) is 4.11. The number of carbonyl (C=O) groups excluding carboxylic acids is 1. The first-order valence-electron chi connectivity index (χ1n) is 8.94. The van der Waals surface area contributed by atoms with Gasteiger partial charge in [0.25, 0.3) is 11.5 Å². The van der Waals surface area contributed by atoms with Crippen LogP contribution in [0.25, 0.3) is 10.9 Å². The molecule has 4 rings (SSSR count). The van der Waals surface area contributed by atoms with Crippen LogP contribution in [-0.2, 0) is 7.05 Å². The van der Waals surface area contributed by atoms with Crippen LogP contribution in [0, 0.1) is 6.92 Å². The number of piperidine rings is 1. The van der Waals surface area contributed by atoms with Crippen LogP contribution in [0.5, 0.6) is 0 Å². The smallest absolute Gasteiger partial charge is 0.256 e. The van der Waals surface area contributed by atoms with Crippen molar-refractivity contribution < 1.29 is 4.79 Å². The molecule has 1 aliphatic rings. The average Bonchev–Trinajstić information content (AvgIpc) is 2.98. The monoisotopic (exact) mass is 350 g/mol. The van der Waals surface area contributed by atoms with E-state index in [2.05, 4.69) is 9.97 Å². The second kappa shape index (κ2) is 6.44. The number of aromatic nitrogens is 3. The van der Waals surface area contributed by atoms with E-state index in [1.165, 1.54) is 0 Å². The van der Waals surface area contributed by atoms with E-state index in [0.717, 1.165) is 41.5 Å². The first-order valence-corrected chi connectivity index (χ1v) is 8.94. The summed E-state index contributed by atoms with van der Waals surface area (Å²) >= 11 is 0. The second-order valence-corrected chi connectivity index (χ2v) is 7.02. The third-order valence-corrected chi connectivity index (χ3v) is 5.13. The molecule has 0 saturated carbocycles. The number of hydrogen-bond donors (Lipinski definition) is 1. The van der Waals surface area contributed by atoms with E-state index in [9.17, 15) is 9.59 Å². The number of aromatic amines is 1. The molecule has 1 aromatic carbocycles. The Morgan fingerprint density at radius 3 is 2.92 bits per heavy atom. The number of carbonyl (C=O) groups is 1. The summed E-state index contributed by atoms with van der Waals surface area (Å²) in [5.74, 6) is 0.766. The largest absolute Gasteiger partial charge is 0.350 e. The van der Waals surface area contributed by atoms with E-state index in [-0.39, 0.29) is 17.4 Å².